The molecule has 1 atom stereocenters. The lowest BCUT2D eigenvalue weighted by Gasteiger charge is -2.27. The van der Waals surface area contributed by atoms with Crippen LogP contribution in [0.15, 0.2) is 16.0 Å². The van der Waals surface area contributed by atoms with E-state index in [1.807, 2.05) is 27.0 Å². The van der Waals surface area contributed by atoms with Crippen LogP contribution < -0.4 is 0 Å². The standard InChI is InChI=1S/C17H22BrN3O2S/c1-10-8-13(24-14(10)18)11-9-19-15(20-11)12-6-5-7-21(12)16(22)23-17(2,3)4/h8-9,12H,5-7H2,1-4H3,(H,19,20). The predicted octanol–water partition coefficient (Wildman–Crippen LogP) is 5.28. The van der Waals surface area contributed by atoms with Gasteiger partial charge in [-0.2, -0.15) is 0 Å². The molecular weight excluding hydrogens is 390 g/mol. The summed E-state index contributed by atoms with van der Waals surface area (Å²) in [5, 5.41) is 0. The minimum absolute atomic E-state index is 0.0434. The highest BCUT2D eigenvalue weighted by Crippen LogP contribution is 2.36. The summed E-state index contributed by atoms with van der Waals surface area (Å²) in [6.45, 7) is 8.44. The van der Waals surface area contributed by atoms with Gasteiger partial charge in [0.25, 0.3) is 0 Å². The monoisotopic (exact) mass is 411 g/mol. The van der Waals surface area contributed by atoms with Crippen LogP contribution in [0.25, 0.3) is 10.6 Å². The Balaban J connectivity index is 1.80. The number of imidazole rings is 1. The Morgan fingerprint density at radius 3 is 2.88 bits per heavy atom. The second-order valence-electron chi connectivity index (χ2n) is 7.08. The molecule has 0 spiro atoms. The molecule has 0 saturated carbocycles. The highest BCUT2D eigenvalue weighted by atomic mass is 79.9. The molecule has 0 aliphatic carbocycles. The number of ether oxygens (including phenoxy) is 1. The number of hydrogen-bond acceptors (Lipinski definition) is 4. The predicted molar refractivity (Wildman–Crippen MR) is 99.3 cm³/mol. The van der Waals surface area contributed by atoms with Gasteiger partial charge in [0.05, 0.1) is 26.6 Å². The second kappa shape index (κ2) is 6.52. The summed E-state index contributed by atoms with van der Waals surface area (Å²) >= 11 is 5.24. The van der Waals surface area contributed by atoms with Crippen molar-refractivity contribution in [2.24, 2.45) is 0 Å². The fourth-order valence-corrected chi connectivity index (χ4v) is 4.31. The van der Waals surface area contributed by atoms with E-state index in [1.54, 1.807) is 16.2 Å². The molecule has 0 bridgehead atoms. The normalized spacial score (nSPS) is 18.2. The van der Waals surface area contributed by atoms with Crippen molar-refractivity contribution >= 4 is 33.4 Å². The Kier molecular flexibility index (Phi) is 4.75. The molecule has 1 unspecified atom stereocenters. The number of likely N-dealkylation sites (tertiary alicyclic amines) is 1. The Bertz CT molecular complexity index is 728. The topological polar surface area (TPSA) is 58.2 Å². The van der Waals surface area contributed by atoms with E-state index in [-0.39, 0.29) is 12.1 Å². The van der Waals surface area contributed by atoms with Gasteiger partial charge in [-0.25, -0.2) is 9.78 Å². The van der Waals surface area contributed by atoms with Crippen LogP contribution in [0.5, 0.6) is 0 Å². The number of carbonyl (C=O) groups excluding carboxylic acids is 1. The minimum Gasteiger partial charge on any atom is -0.444 e. The van der Waals surface area contributed by atoms with Gasteiger partial charge in [0.1, 0.15) is 11.4 Å². The van der Waals surface area contributed by atoms with Gasteiger partial charge in [0.15, 0.2) is 0 Å². The zero-order valence-electron chi connectivity index (χ0n) is 14.4. The maximum absolute atomic E-state index is 12.4. The maximum Gasteiger partial charge on any atom is 0.410 e. The molecule has 130 valence electrons. The van der Waals surface area contributed by atoms with E-state index in [0.29, 0.717) is 6.54 Å². The van der Waals surface area contributed by atoms with Gasteiger partial charge in [-0.3, -0.25) is 4.90 Å². The van der Waals surface area contributed by atoms with E-state index in [4.69, 9.17) is 4.74 Å². The first-order valence-corrected chi connectivity index (χ1v) is 9.66. The summed E-state index contributed by atoms with van der Waals surface area (Å²) in [6.07, 6.45) is 3.44. The second-order valence-corrected chi connectivity index (χ2v) is 9.45. The average molecular weight is 412 g/mol. The Labute approximate surface area is 154 Å². The lowest BCUT2D eigenvalue weighted by Crippen LogP contribution is -2.36. The molecule has 3 heterocycles. The molecule has 3 rings (SSSR count). The minimum atomic E-state index is -0.487. The third-order valence-electron chi connectivity index (χ3n) is 3.91. The molecule has 7 heteroatoms. The van der Waals surface area contributed by atoms with Crippen LogP contribution in [0.1, 0.15) is 51.0 Å². The highest BCUT2D eigenvalue weighted by Gasteiger charge is 2.34. The number of halogens is 1. The van der Waals surface area contributed by atoms with Gasteiger partial charge in [-0.15, -0.1) is 11.3 Å². The number of aromatic amines is 1. The van der Waals surface area contributed by atoms with Crippen molar-refractivity contribution in [1.82, 2.24) is 14.9 Å². The zero-order valence-corrected chi connectivity index (χ0v) is 16.8. The molecule has 1 aliphatic rings. The van der Waals surface area contributed by atoms with Gasteiger partial charge < -0.3 is 9.72 Å². The smallest absolute Gasteiger partial charge is 0.410 e. The van der Waals surface area contributed by atoms with Crippen molar-refractivity contribution in [3.8, 4) is 10.6 Å². The van der Waals surface area contributed by atoms with Crippen molar-refractivity contribution in [3.05, 3.63) is 27.4 Å². The first-order valence-electron chi connectivity index (χ1n) is 8.05. The van der Waals surface area contributed by atoms with Gasteiger partial charge in [-0.05, 0) is 68.1 Å². The van der Waals surface area contributed by atoms with Gasteiger partial charge >= 0.3 is 6.09 Å². The van der Waals surface area contributed by atoms with Crippen LogP contribution in [0.3, 0.4) is 0 Å². The van der Waals surface area contributed by atoms with Crippen molar-refractivity contribution in [2.45, 2.75) is 52.2 Å². The van der Waals surface area contributed by atoms with Crippen LogP contribution in [0.4, 0.5) is 4.79 Å². The summed E-state index contributed by atoms with van der Waals surface area (Å²) in [7, 11) is 0. The Hall–Kier alpha value is -1.34. The van der Waals surface area contributed by atoms with Crippen molar-refractivity contribution < 1.29 is 9.53 Å². The van der Waals surface area contributed by atoms with Crippen molar-refractivity contribution in [1.29, 1.82) is 0 Å². The quantitative estimate of drug-likeness (QED) is 0.730. The Morgan fingerprint density at radius 1 is 1.50 bits per heavy atom. The molecule has 0 aromatic carbocycles. The number of hydrogen-bond donors (Lipinski definition) is 1. The van der Waals surface area contributed by atoms with Crippen molar-refractivity contribution in [3.63, 3.8) is 0 Å². The van der Waals surface area contributed by atoms with E-state index in [1.165, 1.54) is 5.56 Å². The van der Waals surface area contributed by atoms with Gasteiger partial charge in [-0.1, -0.05) is 0 Å². The number of aromatic nitrogens is 2. The number of rotatable bonds is 2. The third kappa shape index (κ3) is 3.67. The van der Waals surface area contributed by atoms with Crippen LogP contribution in [0.2, 0.25) is 0 Å². The summed E-state index contributed by atoms with van der Waals surface area (Å²) in [5.41, 5.74) is 1.71. The number of thiophene rings is 1. The lowest BCUT2D eigenvalue weighted by molar-refractivity contribution is 0.0219. The average Bonchev–Trinajstić information content (AvgIpc) is 3.17. The molecule has 1 amide bonds. The Morgan fingerprint density at radius 2 is 2.25 bits per heavy atom. The molecule has 1 N–H and O–H groups in total. The zero-order chi connectivity index (χ0) is 17.5. The highest BCUT2D eigenvalue weighted by molar-refractivity contribution is 9.11. The molecule has 2 aromatic rings. The van der Waals surface area contributed by atoms with Crippen LogP contribution in [-0.4, -0.2) is 33.1 Å². The summed E-state index contributed by atoms with van der Waals surface area (Å²) < 4.78 is 6.65. The largest absolute Gasteiger partial charge is 0.444 e. The fourth-order valence-electron chi connectivity index (χ4n) is 2.81. The first-order chi connectivity index (χ1) is 11.2. The van der Waals surface area contributed by atoms with Crippen molar-refractivity contribution in [2.75, 3.05) is 6.54 Å². The number of nitrogens with zero attached hydrogens (tertiary/aromatic N) is 2. The van der Waals surface area contributed by atoms with Gasteiger partial charge in [0.2, 0.25) is 0 Å². The number of nitrogens with one attached hydrogen (secondary N) is 1. The molecule has 24 heavy (non-hydrogen) atoms. The van der Waals surface area contributed by atoms with Crippen LogP contribution in [-0.2, 0) is 4.74 Å². The number of H-pyrrole nitrogens is 1. The number of aryl methyl sites for hydroxylation is 1. The molecule has 0 radical (unpaired) electrons. The van der Waals surface area contributed by atoms with E-state index >= 15 is 0 Å². The maximum atomic E-state index is 12.4. The fraction of sp³-hybridized carbons (Fsp3) is 0.529. The molecule has 5 nitrogen and oxygen atoms in total. The number of carbonyl (C=O) groups is 1. The number of amides is 1. The summed E-state index contributed by atoms with van der Waals surface area (Å²) in [6, 6.07) is 2.09. The molecule has 2 aromatic heterocycles. The molecular formula is C17H22BrN3O2S. The van der Waals surface area contributed by atoms with E-state index < -0.39 is 5.60 Å². The van der Waals surface area contributed by atoms with E-state index in [9.17, 15) is 4.79 Å². The molecule has 1 fully saturated rings. The van der Waals surface area contributed by atoms with Crippen LogP contribution in [0, 0.1) is 6.92 Å². The van der Waals surface area contributed by atoms with E-state index in [0.717, 1.165) is 33.0 Å². The SMILES string of the molecule is Cc1cc(-c2cnc(C3CCCN3C(=O)OC(C)(C)C)[nH]2)sc1Br. The summed E-state index contributed by atoms with van der Waals surface area (Å²) in [5.74, 6) is 0.829. The van der Waals surface area contributed by atoms with Crippen LogP contribution >= 0.6 is 27.3 Å². The lowest BCUT2D eigenvalue weighted by atomic mass is 10.2. The third-order valence-corrected chi connectivity index (χ3v) is 6.08. The van der Waals surface area contributed by atoms with Gasteiger partial charge in [0, 0.05) is 6.54 Å². The molecule has 1 aliphatic heterocycles. The first kappa shape index (κ1) is 17.5. The summed E-state index contributed by atoms with van der Waals surface area (Å²) in [4.78, 5) is 23.3. The van der Waals surface area contributed by atoms with E-state index in [2.05, 4.69) is 38.9 Å². The molecule has 1 saturated heterocycles.